The van der Waals surface area contributed by atoms with Crippen LogP contribution in [-0.4, -0.2) is 88.5 Å². The second-order valence-corrected chi connectivity index (χ2v) is 7.53. The van der Waals surface area contributed by atoms with E-state index in [1.807, 2.05) is 20.0 Å². The van der Waals surface area contributed by atoms with E-state index in [1.165, 1.54) is 12.0 Å². The van der Waals surface area contributed by atoms with Crippen LogP contribution in [0.25, 0.3) is 0 Å². The number of nitrogens with one attached hydrogen (secondary N) is 1. The van der Waals surface area contributed by atoms with Crippen molar-refractivity contribution in [3.05, 3.63) is 23.8 Å². The molecule has 1 atom stereocenters. The lowest BCUT2D eigenvalue weighted by Crippen LogP contribution is -2.46. The molecular formula is C22H36N4O3. The minimum atomic E-state index is 0.619. The molecule has 2 heterocycles. The summed E-state index contributed by atoms with van der Waals surface area (Å²) < 4.78 is 16.5. The standard InChI is InChI=1S/C22H36N4O3/c1-4-29-21-16-18(7-8-20(21)27-3)6-5-10-24-22(23-2)26-11-9-19(17-26)25-12-14-28-15-13-25/h7-8,16,19H,4-6,9-15,17H2,1-3H3,(H,23,24). The van der Waals surface area contributed by atoms with Crippen molar-refractivity contribution < 1.29 is 14.2 Å². The third kappa shape index (κ3) is 6.00. The largest absolute Gasteiger partial charge is 0.493 e. The number of hydrogen-bond acceptors (Lipinski definition) is 5. The van der Waals surface area contributed by atoms with E-state index in [0.29, 0.717) is 12.6 Å². The molecule has 0 aliphatic carbocycles. The Balaban J connectivity index is 1.43. The van der Waals surface area contributed by atoms with E-state index >= 15 is 0 Å². The first-order valence-electron chi connectivity index (χ1n) is 10.8. The highest BCUT2D eigenvalue weighted by molar-refractivity contribution is 5.80. The fourth-order valence-corrected chi connectivity index (χ4v) is 4.14. The molecule has 2 saturated heterocycles. The van der Waals surface area contributed by atoms with E-state index in [0.717, 1.165) is 76.2 Å². The maximum atomic E-state index is 5.68. The second kappa shape index (κ2) is 11.3. The van der Waals surface area contributed by atoms with Crippen LogP contribution in [0.4, 0.5) is 0 Å². The summed E-state index contributed by atoms with van der Waals surface area (Å²) in [5.41, 5.74) is 1.26. The molecule has 0 bridgehead atoms. The van der Waals surface area contributed by atoms with Crippen LogP contribution in [0.5, 0.6) is 11.5 Å². The van der Waals surface area contributed by atoms with Crippen molar-refractivity contribution in [1.82, 2.24) is 15.1 Å². The summed E-state index contributed by atoms with van der Waals surface area (Å²) in [6.45, 7) is 9.48. The number of benzene rings is 1. The number of ether oxygens (including phenoxy) is 3. The van der Waals surface area contributed by atoms with Gasteiger partial charge in [-0.05, 0) is 43.9 Å². The Kier molecular flexibility index (Phi) is 8.43. The van der Waals surface area contributed by atoms with Crippen molar-refractivity contribution >= 4 is 5.96 Å². The molecule has 2 fully saturated rings. The lowest BCUT2D eigenvalue weighted by molar-refractivity contribution is 0.0195. The van der Waals surface area contributed by atoms with Gasteiger partial charge in [0.15, 0.2) is 17.5 Å². The summed E-state index contributed by atoms with van der Waals surface area (Å²) in [6.07, 6.45) is 3.23. The van der Waals surface area contributed by atoms with Gasteiger partial charge in [-0.2, -0.15) is 0 Å². The molecule has 7 heteroatoms. The number of likely N-dealkylation sites (tertiary alicyclic amines) is 1. The molecule has 1 unspecified atom stereocenters. The van der Waals surface area contributed by atoms with E-state index in [9.17, 15) is 0 Å². The second-order valence-electron chi connectivity index (χ2n) is 7.53. The van der Waals surface area contributed by atoms with Crippen LogP contribution >= 0.6 is 0 Å². The van der Waals surface area contributed by atoms with E-state index in [1.54, 1.807) is 7.11 Å². The Hall–Kier alpha value is -1.99. The summed E-state index contributed by atoms with van der Waals surface area (Å²) in [5, 5.41) is 3.54. The van der Waals surface area contributed by atoms with Crippen LogP contribution in [0, 0.1) is 0 Å². The first kappa shape index (κ1) is 21.7. The topological polar surface area (TPSA) is 58.6 Å². The first-order chi connectivity index (χ1) is 14.2. The summed E-state index contributed by atoms with van der Waals surface area (Å²) in [4.78, 5) is 9.46. The van der Waals surface area contributed by atoms with Crippen molar-refractivity contribution in [1.29, 1.82) is 0 Å². The molecule has 2 aliphatic heterocycles. The lowest BCUT2D eigenvalue weighted by Gasteiger charge is -2.32. The Morgan fingerprint density at radius 2 is 2.07 bits per heavy atom. The molecule has 2 aliphatic rings. The Labute approximate surface area is 175 Å². The maximum absolute atomic E-state index is 5.68. The highest BCUT2D eigenvalue weighted by Crippen LogP contribution is 2.28. The van der Waals surface area contributed by atoms with Crippen molar-refractivity contribution in [2.45, 2.75) is 32.2 Å². The number of guanidine groups is 1. The van der Waals surface area contributed by atoms with Crippen molar-refractivity contribution in [2.24, 2.45) is 4.99 Å². The third-order valence-electron chi connectivity index (χ3n) is 5.69. The van der Waals surface area contributed by atoms with Crippen LogP contribution in [0.1, 0.15) is 25.3 Å². The predicted molar refractivity (Wildman–Crippen MR) is 116 cm³/mol. The number of nitrogens with zero attached hydrogens (tertiary/aromatic N) is 3. The molecule has 1 aromatic rings. The molecule has 0 saturated carbocycles. The molecule has 7 nitrogen and oxygen atoms in total. The molecular weight excluding hydrogens is 368 g/mol. The number of morpholine rings is 1. The van der Waals surface area contributed by atoms with Crippen LogP contribution in [-0.2, 0) is 11.2 Å². The predicted octanol–water partition coefficient (Wildman–Crippen LogP) is 2.01. The fourth-order valence-electron chi connectivity index (χ4n) is 4.14. The number of rotatable bonds is 8. The Morgan fingerprint density at radius 3 is 2.79 bits per heavy atom. The van der Waals surface area contributed by atoms with Gasteiger partial charge in [0.05, 0.1) is 26.9 Å². The third-order valence-corrected chi connectivity index (χ3v) is 5.69. The van der Waals surface area contributed by atoms with Crippen molar-refractivity contribution in [3.63, 3.8) is 0 Å². The SMILES string of the molecule is CCOc1cc(CCCNC(=NC)N2CCC(N3CCOCC3)C2)ccc1OC. The molecule has 0 aromatic heterocycles. The van der Waals surface area contributed by atoms with Gasteiger partial charge in [-0.1, -0.05) is 6.07 Å². The van der Waals surface area contributed by atoms with Gasteiger partial charge in [-0.25, -0.2) is 0 Å². The van der Waals surface area contributed by atoms with E-state index in [-0.39, 0.29) is 0 Å². The Morgan fingerprint density at radius 1 is 1.24 bits per heavy atom. The minimum Gasteiger partial charge on any atom is -0.493 e. The normalized spacial score (nSPS) is 20.7. The number of methoxy groups -OCH3 is 1. The van der Waals surface area contributed by atoms with Gasteiger partial charge in [0.2, 0.25) is 0 Å². The quantitative estimate of drug-likeness (QED) is 0.406. The van der Waals surface area contributed by atoms with Crippen LogP contribution in [0.2, 0.25) is 0 Å². The van der Waals surface area contributed by atoms with Crippen LogP contribution in [0.15, 0.2) is 23.2 Å². The number of hydrogen-bond donors (Lipinski definition) is 1. The zero-order chi connectivity index (χ0) is 20.5. The highest BCUT2D eigenvalue weighted by Gasteiger charge is 2.30. The monoisotopic (exact) mass is 404 g/mol. The number of aryl methyl sites for hydroxylation is 1. The van der Waals surface area contributed by atoms with Crippen LogP contribution in [0.3, 0.4) is 0 Å². The zero-order valence-electron chi connectivity index (χ0n) is 18.2. The zero-order valence-corrected chi connectivity index (χ0v) is 18.2. The van der Waals surface area contributed by atoms with E-state index < -0.39 is 0 Å². The summed E-state index contributed by atoms with van der Waals surface area (Å²) in [7, 11) is 3.55. The molecule has 0 radical (unpaired) electrons. The van der Waals surface area contributed by atoms with Gasteiger partial charge in [0.25, 0.3) is 0 Å². The summed E-state index contributed by atoms with van der Waals surface area (Å²) in [5.74, 6) is 2.63. The average Bonchev–Trinajstić information content (AvgIpc) is 3.25. The van der Waals surface area contributed by atoms with Gasteiger partial charge >= 0.3 is 0 Å². The lowest BCUT2D eigenvalue weighted by atomic mass is 10.1. The maximum Gasteiger partial charge on any atom is 0.193 e. The first-order valence-corrected chi connectivity index (χ1v) is 10.8. The average molecular weight is 405 g/mol. The number of aliphatic imine (C=N–C) groups is 1. The highest BCUT2D eigenvalue weighted by atomic mass is 16.5. The van der Waals surface area contributed by atoms with Gasteiger partial charge < -0.3 is 24.4 Å². The van der Waals surface area contributed by atoms with Gasteiger partial charge in [0, 0.05) is 45.8 Å². The molecule has 3 rings (SSSR count). The molecule has 0 amide bonds. The fraction of sp³-hybridized carbons (Fsp3) is 0.682. The molecule has 29 heavy (non-hydrogen) atoms. The van der Waals surface area contributed by atoms with Crippen LogP contribution < -0.4 is 14.8 Å². The van der Waals surface area contributed by atoms with Gasteiger partial charge in [0.1, 0.15) is 0 Å². The summed E-state index contributed by atoms with van der Waals surface area (Å²) >= 11 is 0. The van der Waals surface area contributed by atoms with Crippen molar-refractivity contribution in [3.8, 4) is 11.5 Å². The molecule has 162 valence electrons. The minimum absolute atomic E-state index is 0.619. The molecule has 1 N–H and O–H groups in total. The smallest absolute Gasteiger partial charge is 0.193 e. The molecule has 0 spiro atoms. The van der Waals surface area contributed by atoms with Gasteiger partial charge in [-0.3, -0.25) is 9.89 Å². The van der Waals surface area contributed by atoms with Crippen molar-refractivity contribution in [2.75, 3.05) is 66.7 Å². The molecule has 1 aromatic carbocycles. The summed E-state index contributed by atoms with van der Waals surface area (Å²) in [6, 6.07) is 6.81. The Bertz CT molecular complexity index is 661. The van der Waals surface area contributed by atoms with Gasteiger partial charge in [-0.15, -0.1) is 0 Å². The van der Waals surface area contributed by atoms with E-state index in [2.05, 4.69) is 32.2 Å². The van der Waals surface area contributed by atoms with E-state index in [4.69, 9.17) is 14.2 Å².